The quantitative estimate of drug-likeness (QED) is 0.676. The third-order valence-corrected chi connectivity index (χ3v) is 3.34. The van der Waals surface area contributed by atoms with Gasteiger partial charge in [-0.2, -0.15) is 0 Å². The van der Waals surface area contributed by atoms with Crippen molar-refractivity contribution >= 4 is 17.6 Å². The molecule has 2 heterocycles. The van der Waals surface area contributed by atoms with E-state index in [2.05, 4.69) is 26.3 Å². The monoisotopic (exact) mass is 260 g/mol. The number of hydrogen-bond donors (Lipinski definition) is 1. The molecule has 0 unspecified atom stereocenters. The number of rotatable bonds is 4. The first-order chi connectivity index (χ1) is 8.69. The van der Waals surface area contributed by atoms with E-state index in [0.29, 0.717) is 0 Å². The van der Waals surface area contributed by atoms with Crippen LogP contribution in [0.25, 0.3) is 0 Å². The third kappa shape index (κ3) is 3.20. The summed E-state index contributed by atoms with van der Waals surface area (Å²) in [4.78, 5) is 13.1. The number of pyridine rings is 1. The summed E-state index contributed by atoms with van der Waals surface area (Å²) in [5, 5.41) is 3.91. The topological polar surface area (TPSA) is 50.7 Å². The number of anilines is 1. The molecule has 0 atom stereocenters. The van der Waals surface area contributed by atoms with E-state index in [9.17, 15) is 0 Å². The summed E-state index contributed by atoms with van der Waals surface area (Å²) in [6, 6.07) is 5.99. The molecule has 0 saturated carbocycles. The Balaban J connectivity index is 2.11. The molecule has 4 nitrogen and oxygen atoms in total. The molecule has 0 spiro atoms. The largest absolute Gasteiger partial charge is 0.373 e. The van der Waals surface area contributed by atoms with Gasteiger partial charge in [0, 0.05) is 35.9 Å². The highest BCUT2D eigenvalue weighted by atomic mass is 32.2. The summed E-state index contributed by atoms with van der Waals surface area (Å²) in [6.45, 7) is 3.98. The first-order valence-corrected chi connectivity index (χ1v) is 6.74. The van der Waals surface area contributed by atoms with Gasteiger partial charge in [0.15, 0.2) is 5.16 Å². The predicted molar refractivity (Wildman–Crippen MR) is 74.9 cm³/mol. The Morgan fingerprint density at radius 2 is 1.94 bits per heavy atom. The second kappa shape index (κ2) is 5.82. The lowest BCUT2D eigenvalue weighted by Gasteiger charge is -2.07. The van der Waals surface area contributed by atoms with Crippen LogP contribution in [-0.4, -0.2) is 22.0 Å². The van der Waals surface area contributed by atoms with Crippen molar-refractivity contribution < 1.29 is 0 Å². The SMILES string of the molecule is CNc1ncccc1CSc1nc(C)cc(C)n1. The predicted octanol–water partition coefficient (Wildman–Crippen LogP) is 2.82. The van der Waals surface area contributed by atoms with Crippen molar-refractivity contribution in [3.8, 4) is 0 Å². The highest BCUT2D eigenvalue weighted by Gasteiger charge is 2.05. The van der Waals surface area contributed by atoms with Gasteiger partial charge in [-0.1, -0.05) is 17.8 Å². The number of thioether (sulfide) groups is 1. The number of aryl methyl sites for hydroxylation is 2. The van der Waals surface area contributed by atoms with E-state index in [4.69, 9.17) is 0 Å². The number of nitrogens with one attached hydrogen (secondary N) is 1. The van der Waals surface area contributed by atoms with Crippen molar-refractivity contribution in [3.63, 3.8) is 0 Å². The minimum absolute atomic E-state index is 0.812. The van der Waals surface area contributed by atoms with Gasteiger partial charge in [0.25, 0.3) is 0 Å². The van der Waals surface area contributed by atoms with Gasteiger partial charge < -0.3 is 5.32 Å². The van der Waals surface area contributed by atoms with Crippen molar-refractivity contribution in [3.05, 3.63) is 41.3 Å². The van der Waals surface area contributed by atoms with Gasteiger partial charge in [0.1, 0.15) is 5.82 Å². The maximum absolute atomic E-state index is 4.42. The van der Waals surface area contributed by atoms with Crippen LogP contribution in [0.2, 0.25) is 0 Å². The van der Waals surface area contributed by atoms with E-state index < -0.39 is 0 Å². The van der Waals surface area contributed by atoms with Gasteiger partial charge in [-0.15, -0.1) is 0 Å². The van der Waals surface area contributed by atoms with Crippen LogP contribution in [0.15, 0.2) is 29.6 Å². The molecule has 5 heteroatoms. The zero-order valence-corrected chi connectivity index (χ0v) is 11.6. The average molecular weight is 260 g/mol. The number of aromatic nitrogens is 3. The second-order valence-electron chi connectivity index (χ2n) is 3.98. The van der Waals surface area contributed by atoms with Crippen LogP contribution < -0.4 is 5.32 Å². The summed E-state index contributed by atoms with van der Waals surface area (Å²) in [7, 11) is 1.88. The van der Waals surface area contributed by atoms with E-state index in [1.54, 1.807) is 18.0 Å². The van der Waals surface area contributed by atoms with Crippen LogP contribution in [0, 0.1) is 13.8 Å². The molecule has 2 rings (SSSR count). The van der Waals surface area contributed by atoms with Crippen LogP contribution in [0.1, 0.15) is 17.0 Å². The Morgan fingerprint density at radius 1 is 1.22 bits per heavy atom. The molecule has 94 valence electrons. The Hall–Kier alpha value is -1.62. The molecule has 0 radical (unpaired) electrons. The molecule has 2 aromatic rings. The van der Waals surface area contributed by atoms with Crippen LogP contribution in [0.3, 0.4) is 0 Å². The molecule has 2 aromatic heterocycles. The van der Waals surface area contributed by atoms with Crippen molar-refractivity contribution in [2.24, 2.45) is 0 Å². The molecule has 18 heavy (non-hydrogen) atoms. The summed E-state index contributed by atoms with van der Waals surface area (Å²) in [6.07, 6.45) is 1.79. The highest BCUT2D eigenvalue weighted by molar-refractivity contribution is 7.98. The fourth-order valence-corrected chi connectivity index (χ4v) is 2.62. The summed E-state index contributed by atoms with van der Waals surface area (Å²) in [5.41, 5.74) is 3.17. The van der Waals surface area contributed by atoms with E-state index in [0.717, 1.165) is 33.7 Å². The van der Waals surface area contributed by atoms with Crippen LogP contribution in [0.5, 0.6) is 0 Å². The Kier molecular flexibility index (Phi) is 4.15. The molecule has 0 fully saturated rings. The Bertz CT molecular complexity index is 522. The highest BCUT2D eigenvalue weighted by Crippen LogP contribution is 2.23. The minimum Gasteiger partial charge on any atom is -0.373 e. The van der Waals surface area contributed by atoms with Crippen LogP contribution in [-0.2, 0) is 5.75 Å². The number of nitrogens with zero attached hydrogens (tertiary/aromatic N) is 3. The fourth-order valence-electron chi connectivity index (χ4n) is 1.68. The molecule has 0 aromatic carbocycles. The lowest BCUT2D eigenvalue weighted by molar-refractivity contribution is 0.902. The maximum Gasteiger partial charge on any atom is 0.188 e. The van der Waals surface area contributed by atoms with E-state index in [1.807, 2.05) is 33.0 Å². The molecule has 1 N–H and O–H groups in total. The van der Waals surface area contributed by atoms with Crippen molar-refractivity contribution in [2.45, 2.75) is 24.8 Å². The molecular formula is C13H16N4S. The molecule has 0 aliphatic rings. The van der Waals surface area contributed by atoms with Crippen LogP contribution in [0.4, 0.5) is 5.82 Å². The fraction of sp³-hybridized carbons (Fsp3) is 0.308. The van der Waals surface area contributed by atoms with Crippen molar-refractivity contribution in [1.82, 2.24) is 15.0 Å². The zero-order chi connectivity index (χ0) is 13.0. The van der Waals surface area contributed by atoms with Gasteiger partial charge in [-0.05, 0) is 26.0 Å². The first-order valence-electron chi connectivity index (χ1n) is 5.76. The van der Waals surface area contributed by atoms with Gasteiger partial charge in [0.05, 0.1) is 0 Å². The van der Waals surface area contributed by atoms with Gasteiger partial charge in [-0.25, -0.2) is 15.0 Å². The lowest BCUT2D eigenvalue weighted by Crippen LogP contribution is -1.98. The Morgan fingerprint density at radius 3 is 2.61 bits per heavy atom. The minimum atomic E-state index is 0.812. The van der Waals surface area contributed by atoms with E-state index >= 15 is 0 Å². The van der Waals surface area contributed by atoms with Gasteiger partial charge >= 0.3 is 0 Å². The Labute approximate surface area is 111 Å². The molecular weight excluding hydrogens is 244 g/mol. The van der Waals surface area contributed by atoms with Crippen molar-refractivity contribution in [1.29, 1.82) is 0 Å². The maximum atomic E-state index is 4.42. The molecule has 0 aliphatic carbocycles. The molecule has 0 amide bonds. The van der Waals surface area contributed by atoms with Gasteiger partial charge in [0.2, 0.25) is 0 Å². The molecule has 0 saturated heterocycles. The third-order valence-electron chi connectivity index (χ3n) is 2.45. The van der Waals surface area contributed by atoms with Gasteiger partial charge in [-0.3, -0.25) is 0 Å². The van der Waals surface area contributed by atoms with Crippen LogP contribution >= 0.6 is 11.8 Å². The average Bonchev–Trinajstić information content (AvgIpc) is 2.35. The normalized spacial score (nSPS) is 10.4. The smallest absolute Gasteiger partial charge is 0.188 e. The van der Waals surface area contributed by atoms with E-state index in [-0.39, 0.29) is 0 Å². The summed E-state index contributed by atoms with van der Waals surface area (Å²) >= 11 is 1.63. The lowest BCUT2D eigenvalue weighted by atomic mass is 10.3. The number of hydrogen-bond acceptors (Lipinski definition) is 5. The zero-order valence-electron chi connectivity index (χ0n) is 10.8. The molecule has 0 bridgehead atoms. The second-order valence-corrected chi connectivity index (χ2v) is 4.93. The molecule has 0 aliphatic heterocycles. The standard InChI is InChI=1S/C13H16N4S/c1-9-7-10(2)17-13(16-9)18-8-11-5-4-6-15-12(11)14-3/h4-7H,8H2,1-3H3,(H,14,15). The first kappa shape index (κ1) is 12.8. The summed E-state index contributed by atoms with van der Waals surface area (Å²) < 4.78 is 0. The summed E-state index contributed by atoms with van der Waals surface area (Å²) in [5.74, 6) is 1.72. The van der Waals surface area contributed by atoms with Crippen molar-refractivity contribution in [2.75, 3.05) is 12.4 Å². The van der Waals surface area contributed by atoms with E-state index in [1.165, 1.54) is 0 Å².